The summed E-state index contributed by atoms with van der Waals surface area (Å²) in [4.78, 5) is 29.2. The maximum atomic E-state index is 12.1. The summed E-state index contributed by atoms with van der Waals surface area (Å²) in [6.07, 6.45) is 2.98. The fraction of sp³-hybridized carbons (Fsp3) is 0.500. The molecule has 20 heavy (non-hydrogen) atoms. The third kappa shape index (κ3) is 3.46. The molecule has 3 amide bonds. The average molecular weight is 276 g/mol. The summed E-state index contributed by atoms with van der Waals surface area (Å²) >= 11 is 0. The topological polar surface area (TPSA) is 88.3 Å². The van der Waals surface area contributed by atoms with Gasteiger partial charge in [-0.15, -0.1) is 0 Å². The molecule has 6 nitrogen and oxygen atoms in total. The summed E-state index contributed by atoms with van der Waals surface area (Å²) < 4.78 is 0. The monoisotopic (exact) mass is 276 g/mol. The van der Waals surface area contributed by atoms with Crippen molar-refractivity contribution in [3.8, 4) is 0 Å². The lowest BCUT2D eigenvalue weighted by molar-refractivity contribution is -0.123. The van der Waals surface area contributed by atoms with Crippen molar-refractivity contribution in [2.45, 2.75) is 25.8 Å². The number of carbonyl (C=O) groups is 2. The Morgan fingerprint density at radius 1 is 1.40 bits per heavy atom. The quantitative estimate of drug-likeness (QED) is 0.864. The Morgan fingerprint density at radius 3 is 2.65 bits per heavy atom. The van der Waals surface area contributed by atoms with Gasteiger partial charge in [0.25, 0.3) is 0 Å². The molecule has 1 aliphatic rings. The second kappa shape index (κ2) is 6.36. The van der Waals surface area contributed by atoms with Gasteiger partial charge in [0.1, 0.15) is 0 Å². The minimum absolute atomic E-state index is 0.104. The highest BCUT2D eigenvalue weighted by molar-refractivity contribution is 5.78. The van der Waals surface area contributed by atoms with Gasteiger partial charge in [-0.2, -0.15) is 0 Å². The summed E-state index contributed by atoms with van der Waals surface area (Å²) in [5, 5.41) is 2.92. The van der Waals surface area contributed by atoms with Crippen LogP contribution in [-0.2, 0) is 4.79 Å². The molecule has 1 aromatic heterocycles. The number of amides is 3. The molecule has 1 aliphatic heterocycles. The van der Waals surface area contributed by atoms with Crippen molar-refractivity contribution in [3.05, 3.63) is 30.1 Å². The maximum absolute atomic E-state index is 12.1. The van der Waals surface area contributed by atoms with Crippen LogP contribution >= 0.6 is 0 Å². The third-order valence-electron chi connectivity index (χ3n) is 3.66. The fourth-order valence-electron chi connectivity index (χ4n) is 2.35. The number of nitrogens with one attached hydrogen (secondary N) is 1. The molecule has 1 fully saturated rings. The van der Waals surface area contributed by atoms with Crippen molar-refractivity contribution in [2.75, 3.05) is 13.1 Å². The Hall–Kier alpha value is -2.11. The predicted octanol–water partition coefficient (Wildman–Crippen LogP) is 1.05. The lowest BCUT2D eigenvalue weighted by Crippen LogP contribution is -2.46. The summed E-state index contributed by atoms with van der Waals surface area (Å²) in [5.74, 6) is -0.376. The van der Waals surface area contributed by atoms with E-state index >= 15 is 0 Å². The summed E-state index contributed by atoms with van der Waals surface area (Å²) in [6.45, 7) is 3.03. The van der Waals surface area contributed by atoms with E-state index in [-0.39, 0.29) is 23.9 Å². The molecule has 2 heterocycles. The molecule has 0 bridgehead atoms. The van der Waals surface area contributed by atoms with Crippen LogP contribution in [0.15, 0.2) is 24.4 Å². The molecule has 1 aromatic rings. The van der Waals surface area contributed by atoms with Crippen molar-refractivity contribution < 1.29 is 9.59 Å². The molecule has 0 spiro atoms. The molecule has 2 rings (SSSR count). The van der Waals surface area contributed by atoms with Gasteiger partial charge in [-0.3, -0.25) is 9.78 Å². The molecule has 0 saturated carbocycles. The number of likely N-dealkylation sites (tertiary alicyclic amines) is 1. The predicted molar refractivity (Wildman–Crippen MR) is 74.7 cm³/mol. The molecule has 1 atom stereocenters. The van der Waals surface area contributed by atoms with Gasteiger partial charge in [0.15, 0.2) is 0 Å². The SMILES string of the molecule is C[C@@H](NC(=O)N1CCC(C(N)=O)CC1)c1ccccn1. The second-order valence-electron chi connectivity index (χ2n) is 5.09. The standard InChI is InChI=1S/C14H20N4O2/c1-10(12-4-2-3-7-16-12)17-14(20)18-8-5-11(6-9-18)13(15)19/h2-4,7,10-11H,5-6,8-9H2,1H3,(H2,15,19)(H,17,20)/t10-/m1/s1. The second-order valence-corrected chi connectivity index (χ2v) is 5.09. The van der Waals surface area contributed by atoms with E-state index in [1.165, 1.54) is 0 Å². The van der Waals surface area contributed by atoms with Gasteiger partial charge in [0, 0.05) is 25.2 Å². The Morgan fingerprint density at radius 2 is 2.10 bits per heavy atom. The van der Waals surface area contributed by atoms with Crippen molar-refractivity contribution in [2.24, 2.45) is 11.7 Å². The molecule has 0 aromatic carbocycles. The van der Waals surface area contributed by atoms with Crippen LogP contribution in [0.5, 0.6) is 0 Å². The number of aromatic nitrogens is 1. The first-order valence-electron chi connectivity index (χ1n) is 6.83. The van der Waals surface area contributed by atoms with Crippen molar-refractivity contribution >= 4 is 11.9 Å². The zero-order valence-electron chi connectivity index (χ0n) is 11.6. The van der Waals surface area contributed by atoms with Crippen LogP contribution in [0.4, 0.5) is 4.79 Å². The minimum Gasteiger partial charge on any atom is -0.369 e. The molecule has 6 heteroatoms. The third-order valence-corrected chi connectivity index (χ3v) is 3.66. The van der Waals surface area contributed by atoms with Gasteiger partial charge < -0.3 is 16.0 Å². The highest BCUT2D eigenvalue weighted by Crippen LogP contribution is 2.17. The number of primary amides is 1. The molecule has 0 aliphatic carbocycles. The van der Waals surface area contributed by atoms with Crippen LogP contribution in [0, 0.1) is 5.92 Å². The van der Waals surface area contributed by atoms with E-state index in [0.717, 1.165) is 5.69 Å². The summed E-state index contributed by atoms with van der Waals surface area (Å²) in [6, 6.07) is 5.35. The first kappa shape index (κ1) is 14.3. The number of piperidine rings is 1. The van der Waals surface area contributed by atoms with Gasteiger partial charge in [-0.05, 0) is 31.9 Å². The molecule has 3 N–H and O–H groups in total. The fourth-order valence-corrected chi connectivity index (χ4v) is 2.35. The zero-order chi connectivity index (χ0) is 14.5. The highest BCUT2D eigenvalue weighted by Gasteiger charge is 2.26. The van der Waals surface area contributed by atoms with Crippen molar-refractivity contribution in [1.82, 2.24) is 15.2 Å². The Labute approximate surface area is 118 Å². The molecular formula is C14H20N4O2. The first-order valence-corrected chi connectivity index (χ1v) is 6.83. The number of hydrogen-bond acceptors (Lipinski definition) is 3. The summed E-state index contributed by atoms with van der Waals surface area (Å²) in [5.41, 5.74) is 6.11. The molecular weight excluding hydrogens is 256 g/mol. The van der Waals surface area contributed by atoms with E-state index in [9.17, 15) is 9.59 Å². The van der Waals surface area contributed by atoms with Crippen LogP contribution < -0.4 is 11.1 Å². The number of carbonyl (C=O) groups excluding carboxylic acids is 2. The van der Waals surface area contributed by atoms with E-state index in [1.54, 1.807) is 11.1 Å². The van der Waals surface area contributed by atoms with E-state index in [2.05, 4.69) is 10.3 Å². The smallest absolute Gasteiger partial charge is 0.317 e. The van der Waals surface area contributed by atoms with Gasteiger partial charge in [-0.25, -0.2) is 4.79 Å². The Kier molecular flexibility index (Phi) is 4.55. The van der Waals surface area contributed by atoms with Gasteiger partial charge in [0.05, 0.1) is 11.7 Å². The maximum Gasteiger partial charge on any atom is 0.317 e. The highest BCUT2D eigenvalue weighted by atomic mass is 16.2. The number of nitrogens with zero attached hydrogens (tertiary/aromatic N) is 2. The molecule has 1 saturated heterocycles. The number of urea groups is 1. The molecule has 0 radical (unpaired) electrons. The van der Waals surface area contributed by atoms with Gasteiger partial charge in [-0.1, -0.05) is 6.07 Å². The van der Waals surface area contributed by atoms with Crippen LogP contribution in [0.3, 0.4) is 0 Å². The van der Waals surface area contributed by atoms with Gasteiger partial charge in [0.2, 0.25) is 5.91 Å². The number of hydrogen-bond donors (Lipinski definition) is 2. The van der Waals surface area contributed by atoms with Gasteiger partial charge >= 0.3 is 6.03 Å². The zero-order valence-corrected chi connectivity index (χ0v) is 11.6. The van der Waals surface area contributed by atoms with E-state index in [4.69, 9.17) is 5.73 Å². The van der Waals surface area contributed by atoms with E-state index in [1.807, 2.05) is 25.1 Å². The van der Waals surface area contributed by atoms with Crippen LogP contribution in [-0.4, -0.2) is 34.9 Å². The first-order chi connectivity index (χ1) is 9.58. The lowest BCUT2D eigenvalue weighted by atomic mass is 9.96. The van der Waals surface area contributed by atoms with Crippen LogP contribution in [0.25, 0.3) is 0 Å². The lowest BCUT2D eigenvalue weighted by Gasteiger charge is -2.31. The largest absolute Gasteiger partial charge is 0.369 e. The Bertz CT molecular complexity index is 469. The van der Waals surface area contributed by atoms with Crippen molar-refractivity contribution in [1.29, 1.82) is 0 Å². The van der Waals surface area contributed by atoms with Crippen LogP contribution in [0.2, 0.25) is 0 Å². The Balaban J connectivity index is 1.85. The molecule has 0 unspecified atom stereocenters. The van der Waals surface area contributed by atoms with Crippen LogP contribution in [0.1, 0.15) is 31.5 Å². The molecule has 108 valence electrons. The number of nitrogens with two attached hydrogens (primary N) is 1. The summed E-state index contributed by atoms with van der Waals surface area (Å²) in [7, 11) is 0. The average Bonchev–Trinajstić information content (AvgIpc) is 2.48. The van der Waals surface area contributed by atoms with E-state index < -0.39 is 0 Å². The number of pyridine rings is 1. The van der Waals surface area contributed by atoms with Crippen molar-refractivity contribution in [3.63, 3.8) is 0 Å². The minimum atomic E-state index is -0.271. The number of rotatable bonds is 3. The van der Waals surface area contributed by atoms with E-state index in [0.29, 0.717) is 25.9 Å². The normalized spacial score (nSPS) is 17.6.